The van der Waals surface area contributed by atoms with E-state index in [0.717, 1.165) is 5.56 Å². The van der Waals surface area contributed by atoms with Gasteiger partial charge in [0.1, 0.15) is 22.7 Å². The van der Waals surface area contributed by atoms with Crippen LogP contribution >= 0.6 is 11.6 Å². The van der Waals surface area contributed by atoms with E-state index in [4.69, 9.17) is 16.3 Å². The van der Waals surface area contributed by atoms with Crippen molar-refractivity contribution < 1.29 is 14.6 Å². The lowest BCUT2D eigenvalue weighted by Crippen LogP contribution is -2.23. The maximum absolute atomic E-state index is 12.7. The second kappa shape index (κ2) is 7.57. The summed E-state index contributed by atoms with van der Waals surface area (Å²) in [7, 11) is 1.48. The highest BCUT2D eigenvalue weighted by Crippen LogP contribution is 2.29. The van der Waals surface area contributed by atoms with Crippen molar-refractivity contribution in [3.05, 3.63) is 75.2 Å². The van der Waals surface area contributed by atoms with E-state index >= 15 is 0 Å². The summed E-state index contributed by atoms with van der Waals surface area (Å²) in [6.07, 6.45) is 1.39. The minimum absolute atomic E-state index is 0.244. The fourth-order valence-corrected chi connectivity index (χ4v) is 3.42. The summed E-state index contributed by atoms with van der Waals surface area (Å²) in [6, 6.07) is 12.1. The molecule has 0 atom stereocenters. The third-order valence-electron chi connectivity index (χ3n) is 4.60. The summed E-state index contributed by atoms with van der Waals surface area (Å²) in [4.78, 5) is 28.0. The minimum Gasteiger partial charge on any atom is -0.506 e. The first-order valence-corrected chi connectivity index (χ1v) is 9.31. The molecule has 0 aliphatic heterocycles. The van der Waals surface area contributed by atoms with E-state index in [0.29, 0.717) is 22.1 Å². The molecule has 2 heterocycles. The topological polar surface area (TPSA) is 109 Å². The zero-order valence-electron chi connectivity index (χ0n) is 16.1. The molecule has 0 fully saturated rings. The molecule has 0 spiro atoms. The van der Waals surface area contributed by atoms with Crippen LogP contribution in [0.15, 0.2) is 53.5 Å². The first kappa shape index (κ1) is 19.5. The van der Waals surface area contributed by atoms with E-state index in [-0.39, 0.29) is 11.0 Å². The fraction of sp³-hybridized carbons (Fsp3) is 0.0952. The van der Waals surface area contributed by atoms with Crippen LogP contribution in [0.4, 0.5) is 5.69 Å². The van der Waals surface area contributed by atoms with E-state index in [9.17, 15) is 14.7 Å². The predicted molar refractivity (Wildman–Crippen MR) is 114 cm³/mol. The molecule has 8 nitrogen and oxygen atoms in total. The van der Waals surface area contributed by atoms with Crippen LogP contribution in [0.5, 0.6) is 11.5 Å². The standard InChI is InChI=1S/C21H17ClN4O4/c1-11-4-3-5-13(8-11)26-19-14(10-23-26)18(27)17(21(29)25-19)20(28)24-12-6-7-16(30-2)15(22)9-12/h3-10H,1-2H3,(H,24,28)(H2,25,27,29). The molecule has 0 aliphatic carbocycles. The number of carbonyl (C=O) groups excluding carboxylic acids is 1. The summed E-state index contributed by atoms with van der Waals surface area (Å²) in [6.45, 7) is 1.93. The number of benzene rings is 2. The van der Waals surface area contributed by atoms with Crippen molar-refractivity contribution in [3.8, 4) is 17.2 Å². The average Bonchev–Trinajstić information content (AvgIpc) is 3.12. The van der Waals surface area contributed by atoms with Crippen molar-refractivity contribution in [1.82, 2.24) is 14.8 Å². The van der Waals surface area contributed by atoms with Gasteiger partial charge in [-0.1, -0.05) is 23.7 Å². The van der Waals surface area contributed by atoms with Crippen molar-refractivity contribution in [3.63, 3.8) is 0 Å². The average molecular weight is 425 g/mol. The molecular formula is C21H17ClN4O4. The number of anilines is 1. The zero-order chi connectivity index (χ0) is 21.4. The number of rotatable bonds is 4. The normalized spacial score (nSPS) is 10.9. The lowest BCUT2D eigenvalue weighted by atomic mass is 10.2. The van der Waals surface area contributed by atoms with Gasteiger partial charge in [-0.3, -0.25) is 9.59 Å². The number of nitrogens with zero attached hydrogens (tertiary/aromatic N) is 2. The number of fused-ring (bicyclic) bond motifs is 1. The number of ether oxygens (including phenoxy) is 1. The molecule has 9 heteroatoms. The first-order valence-electron chi connectivity index (χ1n) is 8.94. The molecular weight excluding hydrogens is 408 g/mol. The van der Waals surface area contributed by atoms with Crippen LogP contribution in [-0.2, 0) is 0 Å². The number of pyridine rings is 1. The van der Waals surface area contributed by atoms with E-state index in [1.807, 2.05) is 31.2 Å². The Morgan fingerprint density at radius 1 is 1.27 bits per heavy atom. The first-order chi connectivity index (χ1) is 14.4. The smallest absolute Gasteiger partial charge is 0.266 e. The molecule has 1 amide bonds. The number of nitrogens with one attached hydrogen (secondary N) is 2. The van der Waals surface area contributed by atoms with Gasteiger partial charge in [0.05, 0.1) is 29.4 Å². The molecule has 2 aromatic carbocycles. The Morgan fingerprint density at radius 3 is 2.77 bits per heavy atom. The second-order valence-electron chi connectivity index (χ2n) is 6.64. The predicted octanol–water partition coefficient (Wildman–Crippen LogP) is 3.64. The molecule has 0 unspecified atom stereocenters. The van der Waals surface area contributed by atoms with Crippen LogP contribution in [0.25, 0.3) is 16.7 Å². The molecule has 2 aromatic heterocycles. The molecule has 152 valence electrons. The Bertz CT molecular complexity index is 1340. The number of aromatic hydroxyl groups is 1. The zero-order valence-corrected chi connectivity index (χ0v) is 16.8. The number of hydrogen-bond acceptors (Lipinski definition) is 5. The Labute approximate surface area is 175 Å². The third kappa shape index (κ3) is 3.37. The number of H-pyrrole nitrogens is 1. The molecule has 0 aliphatic rings. The maximum Gasteiger partial charge on any atom is 0.266 e. The van der Waals surface area contributed by atoms with Gasteiger partial charge in [0.25, 0.3) is 11.5 Å². The van der Waals surface area contributed by atoms with Gasteiger partial charge >= 0.3 is 0 Å². The molecule has 3 N–H and O–H groups in total. The van der Waals surface area contributed by atoms with Gasteiger partial charge in [0, 0.05) is 5.69 Å². The summed E-state index contributed by atoms with van der Waals surface area (Å²) >= 11 is 6.07. The van der Waals surface area contributed by atoms with Crippen molar-refractivity contribution in [1.29, 1.82) is 0 Å². The Morgan fingerprint density at radius 2 is 2.07 bits per heavy atom. The highest BCUT2D eigenvalue weighted by molar-refractivity contribution is 6.32. The molecule has 0 saturated carbocycles. The van der Waals surface area contributed by atoms with E-state index in [1.165, 1.54) is 24.1 Å². The number of aromatic nitrogens is 3. The lowest BCUT2D eigenvalue weighted by Gasteiger charge is -2.09. The molecule has 4 aromatic rings. The number of amides is 1. The van der Waals surface area contributed by atoms with Gasteiger partial charge in [-0.2, -0.15) is 5.10 Å². The van der Waals surface area contributed by atoms with Crippen LogP contribution in [-0.4, -0.2) is 32.9 Å². The number of methoxy groups -OCH3 is 1. The fourth-order valence-electron chi connectivity index (χ4n) is 3.16. The van der Waals surface area contributed by atoms with Gasteiger partial charge in [0.2, 0.25) is 0 Å². The highest BCUT2D eigenvalue weighted by atomic mass is 35.5. The summed E-state index contributed by atoms with van der Waals surface area (Å²) < 4.78 is 6.57. The van der Waals surface area contributed by atoms with Crippen LogP contribution in [0, 0.1) is 6.92 Å². The number of hydrogen-bond donors (Lipinski definition) is 3. The van der Waals surface area contributed by atoms with Crippen molar-refractivity contribution in [2.24, 2.45) is 0 Å². The van der Waals surface area contributed by atoms with Gasteiger partial charge in [-0.25, -0.2) is 4.68 Å². The number of aryl methyl sites for hydroxylation is 1. The number of halogens is 1. The van der Waals surface area contributed by atoms with Gasteiger partial charge in [0.15, 0.2) is 0 Å². The molecule has 0 bridgehead atoms. The van der Waals surface area contributed by atoms with Crippen molar-refractivity contribution in [2.45, 2.75) is 6.92 Å². The van der Waals surface area contributed by atoms with Crippen molar-refractivity contribution in [2.75, 3.05) is 12.4 Å². The quantitative estimate of drug-likeness (QED) is 0.463. The third-order valence-corrected chi connectivity index (χ3v) is 4.90. The Hall–Kier alpha value is -3.78. The number of aromatic amines is 1. The van der Waals surface area contributed by atoms with Crippen LogP contribution in [0.3, 0.4) is 0 Å². The Balaban J connectivity index is 1.74. The van der Waals surface area contributed by atoms with E-state index in [1.54, 1.807) is 12.1 Å². The number of carbonyl (C=O) groups is 1. The largest absolute Gasteiger partial charge is 0.506 e. The highest BCUT2D eigenvalue weighted by Gasteiger charge is 2.22. The minimum atomic E-state index is -0.778. The molecule has 0 saturated heterocycles. The Kier molecular flexibility index (Phi) is 4.93. The maximum atomic E-state index is 12.7. The second-order valence-corrected chi connectivity index (χ2v) is 7.05. The lowest BCUT2D eigenvalue weighted by molar-refractivity contribution is 0.102. The summed E-state index contributed by atoms with van der Waals surface area (Å²) in [5.41, 5.74) is 1.19. The van der Waals surface area contributed by atoms with E-state index < -0.39 is 22.8 Å². The van der Waals surface area contributed by atoms with Gasteiger partial charge < -0.3 is 20.1 Å². The summed E-state index contributed by atoms with van der Waals surface area (Å²) in [5.74, 6) is -0.787. The molecule has 0 radical (unpaired) electrons. The summed E-state index contributed by atoms with van der Waals surface area (Å²) in [5, 5.41) is 18.0. The van der Waals surface area contributed by atoms with Crippen LogP contribution in [0.2, 0.25) is 5.02 Å². The van der Waals surface area contributed by atoms with Crippen LogP contribution < -0.4 is 15.6 Å². The SMILES string of the molecule is COc1ccc(NC(=O)c2c(O)c3cnn(-c4cccc(C)c4)c3[nH]c2=O)cc1Cl. The van der Waals surface area contributed by atoms with Crippen LogP contribution in [0.1, 0.15) is 15.9 Å². The van der Waals surface area contributed by atoms with Gasteiger partial charge in [-0.05, 0) is 42.8 Å². The molecule has 30 heavy (non-hydrogen) atoms. The van der Waals surface area contributed by atoms with Crippen molar-refractivity contribution >= 4 is 34.2 Å². The monoisotopic (exact) mass is 424 g/mol. The van der Waals surface area contributed by atoms with Gasteiger partial charge in [-0.15, -0.1) is 0 Å². The van der Waals surface area contributed by atoms with E-state index in [2.05, 4.69) is 15.4 Å². The molecule has 4 rings (SSSR count).